The summed E-state index contributed by atoms with van der Waals surface area (Å²) in [4.78, 5) is 12.8. The molecule has 0 bridgehead atoms. The van der Waals surface area contributed by atoms with Crippen LogP contribution in [0.25, 0.3) is 0 Å². The zero-order valence-corrected chi connectivity index (χ0v) is 10.2. The van der Waals surface area contributed by atoms with Crippen molar-refractivity contribution in [1.29, 1.82) is 0 Å². The fourth-order valence-electron chi connectivity index (χ4n) is 1.28. The molecule has 4 heteroatoms. The van der Waals surface area contributed by atoms with Crippen LogP contribution in [-0.2, 0) is 4.79 Å². The van der Waals surface area contributed by atoms with Crippen molar-refractivity contribution in [2.45, 2.75) is 23.5 Å². The van der Waals surface area contributed by atoms with Gasteiger partial charge in [-0.2, -0.15) is 0 Å². The Kier molecular flexibility index (Phi) is 5.96. The third kappa shape index (κ3) is 4.24. The van der Waals surface area contributed by atoms with Crippen LogP contribution in [0.4, 0.5) is 0 Å². The molecule has 0 heterocycles. The predicted molar refractivity (Wildman–Crippen MR) is 66.5 cm³/mol. The van der Waals surface area contributed by atoms with E-state index in [9.17, 15) is 4.79 Å². The van der Waals surface area contributed by atoms with Crippen molar-refractivity contribution in [1.82, 2.24) is 5.32 Å². The molecule has 2 N–H and O–H groups in total. The maximum atomic E-state index is 11.7. The standard InChI is InChI=1S/C12H17NO2S/c1-2-11(12(15)13-8-9-14)16-10-6-4-3-5-7-10/h3-7,11,14H,2,8-9H2,1H3,(H,13,15). The summed E-state index contributed by atoms with van der Waals surface area (Å²) in [6.45, 7) is 2.29. The van der Waals surface area contributed by atoms with Crippen LogP contribution in [0.2, 0.25) is 0 Å². The quantitative estimate of drug-likeness (QED) is 0.742. The highest BCUT2D eigenvalue weighted by molar-refractivity contribution is 8.00. The summed E-state index contributed by atoms with van der Waals surface area (Å²) in [5.74, 6) is -0.00889. The Labute approximate surface area is 100 Å². The molecule has 88 valence electrons. The molecule has 1 atom stereocenters. The van der Waals surface area contributed by atoms with Gasteiger partial charge in [0.25, 0.3) is 0 Å². The van der Waals surface area contributed by atoms with E-state index in [0.29, 0.717) is 6.54 Å². The van der Waals surface area contributed by atoms with Gasteiger partial charge in [0.05, 0.1) is 11.9 Å². The van der Waals surface area contributed by atoms with Gasteiger partial charge in [0.1, 0.15) is 0 Å². The molecule has 0 aliphatic rings. The Balaban J connectivity index is 2.52. The fourth-order valence-corrected chi connectivity index (χ4v) is 2.28. The van der Waals surface area contributed by atoms with Crippen molar-refractivity contribution in [3.8, 4) is 0 Å². The molecular weight excluding hydrogens is 222 g/mol. The topological polar surface area (TPSA) is 49.3 Å². The molecule has 0 radical (unpaired) electrons. The molecule has 0 saturated heterocycles. The zero-order chi connectivity index (χ0) is 11.8. The molecule has 1 aromatic rings. The lowest BCUT2D eigenvalue weighted by Crippen LogP contribution is -2.34. The van der Waals surface area contributed by atoms with Gasteiger partial charge >= 0.3 is 0 Å². The molecule has 0 aliphatic carbocycles. The third-order valence-corrected chi connectivity index (χ3v) is 3.47. The first kappa shape index (κ1) is 13.1. The predicted octanol–water partition coefficient (Wildman–Crippen LogP) is 1.67. The van der Waals surface area contributed by atoms with Crippen LogP contribution in [0.1, 0.15) is 13.3 Å². The highest BCUT2D eigenvalue weighted by Crippen LogP contribution is 2.24. The Morgan fingerprint density at radius 1 is 1.44 bits per heavy atom. The number of thioether (sulfide) groups is 1. The van der Waals surface area contributed by atoms with Gasteiger partial charge in [0, 0.05) is 11.4 Å². The second-order valence-electron chi connectivity index (χ2n) is 3.34. The van der Waals surface area contributed by atoms with Gasteiger partial charge in [-0.25, -0.2) is 0 Å². The molecule has 3 nitrogen and oxygen atoms in total. The van der Waals surface area contributed by atoms with Crippen LogP contribution < -0.4 is 5.32 Å². The van der Waals surface area contributed by atoms with Crippen LogP contribution in [0.15, 0.2) is 35.2 Å². The minimum absolute atomic E-state index is 0.00889. The van der Waals surface area contributed by atoms with Crippen molar-refractivity contribution in [2.75, 3.05) is 13.2 Å². The number of aliphatic hydroxyl groups excluding tert-OH is 1. The molecule has 0 aliphatic heterocycles. The van der Waals surface area contributed by atoms with Crippen LogP contribution in [0.5, 0.6) is 0 Å². The van der Waals surface area contributed by atoms with E-state index in [4.69, 9.17) is 5.11 Å². The largest absolute Gasteiger partial charge is 0.395 e. The highest BCUT2D eigenvalue weighted by Gasteiger charge is 2.16. The van der Waals surface area contributed by atoms with E-state index in [1.165, 1.54) is 0 Å². The maximum Gasteiger partial charge on any atom is 0.233 e. The first-order chi connectivity index (χ1) is 7.77. The molecule has 0 spiro atoms. The smallest absolute Gasteiger partial charge is 0.233 e. The lowest BCUT2D eigenvalue weighted by Gasteiger charge is -2.13. The molecular formula is C12H17NO2S. The van der Waals surface area contributed by atoms with Crippen molar-refractivity contribution in [3.05, 3.63) is 30.3 Å². The summed E-state index contributed by atoms with van der Waals surface area (Å²) < 4.78 is 0. The number of hydrogen-bond acceptors (Lipinski definition) is 3. The summed E-state index contributed by atoms with van der Waals surface area (Å²) in [5.41, 5.74) is 0. The average Bonchev–Trinajstić information content (AvgIpc) is 2.34. The maximum absolute atomic E-state index is 11.7. The van der Waals surface area contributed by atoms with E-state index >= 15 is 0 Å². The van der Waals surface area contributed by atoms with Crippen molar-refractivity contribution >= 4 is 17.7 Å². The summed E-state index contributed by atoms with van der Waals surface area (Å²) in [6.07, 6.45) is 0.775. The molecule has 1 rings (SSSR count). The van der Waals surface area contributed by atoms with Crippen molar-refractivity contribution in [3.63, 3.8) is 0 Å². The van der Waals surface area contributed by atoms with Crippen molar-refractivity contribution < 1.29 is 9.90 Å². The summed E-state index contributed by atoms with van der Waals surface area (Å²) in [6, 6.07) is 9.86. The normalized spacial score (nSPS) is 12.1. The second-order valence-corrected chi connectivity index (χ2v) is 4.62. The first-order valence-corrected chi connectivity index (χ1v) is 6.26. The summed E-state index contributed by atoms with van der Waals surface area (Å²) in [7, 11) is 0. The molecule has 0 aromatic heterocycles. The van der Waals surface area contributed by atoms with Crippen molar-refractivity contribution in [2.24, 2.45) is 0 Å². The van der Waals surface area contributed by atoms with Gasteiger partial charge in [-0.1, -0.05) is 25.1 Å². The molecule has 1 unspecified atom stereocenters. The van der Waals surface area contributed by atoms with Crippen LogP contribution in [0.3, 0.4) is 0 Å². The number of nitrogens with one attached hydrogen (secondary N) is 1. The molecule has 0 saturated carbocycles. The first-order valence-electron chi connectivity index (χ1n) is 5.38. The van der Waals surface area contributed by atoms with Gasteiger partial charge in [0.2, 0.25) is 5.91 Å². The Hall–Kier alpha value is -1.00. The molecule has 1 amide bonds. The van der Waals surface area contributed by atoms with Gasteiger partial charge in [-0.3, -0.25) is 4.79 Å². The van der Waals surface area contributed by atoms with Crippen LogP contribution in [0, 0.1) is 0 Å². The van der Waals surface area contributed by atoms with Gasteiger partial charge in [0.15, 0.2) is 0 Å². The SMILES string of the molecule is CCC(Sc1ccccc1)C(=O)NCCO. The minimum atomic E-state index is -0.0889. The Bertz CT molecular complexity index is 316. The minimum Gasteiger partial charge on any atom is -0.395 e. The molecule has 0 fully saturated rings. The van der Waals surface area contributed by atoms with E-state index in [-0.39, 0.29) is 17.8 Å². The monoisotopic (exact) mass is 239 g/mol. The number of hydrogen-bond donors (Lipinski definition) is 2. The number of amides is 1. The van der Waals surface area contributed by atoms with E-state index in [0.717, 1.165) is 11.3 Å². The van der Waals surface area contributed by atoms with Gasteiger partial charge < -0.3 is 10.4 Å². The number of benzene rings is 1. The lowest BCUT2D eigenvalue weighted by atomic mass is 10.3. The van der Waals surface area contributed by atoms with Gasteiger partial charge in [-0.15, -0.1) is 11.8 Å². The van der Waals surface area contributed by atoms with E-state index in [2.05, 4.69) is 5.32 Å². The van der Waals surface area contributed by atoms with Crippen LogP contribution >= 0.6 is 11.8 Å². The lowest BCUT2D eigenvalue weighted by molar-refractivity contribution is -0.120. The number of carbonyl (C=O) groups is 1. The number of aliphatic hydroxyl groups is 1. The van der Waals surface area contributed by atoms with E-state index < -0.39 is 0 Å². The third-order valence-electron chi connectivity index (χ3n) is 2.10. The second kappa shape index (κ2) is 7.30. The fraction of sp³-hybridized carbons (Fsp3) is 0.417. The van der Waals surface area contributed by atoms with E-state index in [1.54, 1.807) is 11.8 Å². The van der Waals surface area contributed by atoms with Gasteiger partial charge in [-0.05, 0) is 18.6 Å². The van der Waals surface area contributed by atoms with E-state index in [1.807, 2.05) is 37.3 Å². The highest BCUT2D eigenvalue weighted by atomic mass is 32.2. The number of rotatable bonds is 6. The molecule has 16 heavy (non-hydrogen) atoms. The Morgan fingerprint density at radius 3 is 2.69 bits per heavy atom. The summed E-state index contributed by atoms with van der Waals surface area (Å²) in [5, 5.41) is 11.2. The zero-order valence-electron chi connectivity index (χ0n) is 9.35. The van der Waals surface area contributed by atoms with Crippen LogP contribution in [-0.4, -0.2) is 29.4 Å². The molecule has 1 aromatic carbocycles. The average molecular weight is 239 g/mol. The Morgan fingerprint density at radius 2 is 2.12 bits per heavy atom. The summed E-state index contributed by atoms with van der Waals surface area (Å²) >= 11 is 1.55. The number of carbonyl (C=O) groups excluding carboxylic acids is 1.